The lowest BCUT2D eigenvalue weighted by Gasteiger charge is -2.08. The van der Waals surface area contributed by atoms with Gasteiger partial charge in [-0.1, -0.05) is 6.08 Å². The molecule has 0 aliphatic heterocycles. The molecule has 0 aromatic rings. The molecule has 0 bridgehead atoms. The predicted molar refractivity (Wildman–Crippen MR) is 39.0 cm³/mol. The van der Waals surface area contributed by atoms with Crippen molar-refractivity contribution in [1.82, 2.24) is 0 Å². The van der Waals surface area contributed by atoms with Gasteiger partial charge < -0.3 is 4.74 Å². The summed E-state index contributed by atoms with van der Waals surface area (Å²) < 4.78 is 4.51. The van der Waals surface area contributed by atoms with Crippen molar-refractivity contribution in [3.63, 3.8) is 0 Å². The highest BCUT2D eigenvalue weighted by atomic mass is 16.5. The minimum Gasteiger partial charge on any atom is -0.466 e. The third-order valence-electron chi connectivity index (χ3n) is 1.70. The summed E-state index contributed by atoms with van der Waals surface area (Å²) in [6.45, 7) is 0. The standard InChI is InChI=1S/C8H10O3/c1-11-8(10)6-2-4-7(9)5-3-6/h2H,3-5H2,1H3. The first-order valence-corrected chi connectivity index (χ1v) is 3.53. The van der Waals surface area contributed by atoms with Gasteiger partial charge in [0.2, 0.25) is 0 Å². The summed E-state index contributed by atoms with van der Waals surface area (Å²) in [7, 11) is 1.35. The van der Waals surface area contributed by atoms with Gasteiger partial charge in [0.05, 0.1) is 7.11 Å². The molecule has 0 saturated carbocycles. The average molecular weight is 154 g/mol. The maximum Gasteiger partial charge on any atom is 0.333 e. The van der Waals surface area contributed by atoms with Gasteiger partial charge in [-0.15, -0.1) is 0 Å². The Kier molecular flexibility index (Phi) is 2.41. The second kappa shape index (κ2) is 3.32. The first-order valence-electron chi connectivity index (χ1n) is 3.53. The van der Waals surface area contributed by atoms with Crippen LogP contribution in [-0.2, 0) is 14.3 Å². The zero-order valence-electron chi connectivity index (χ0n) is 6.42. The van der Waals surface area contributed by atoms with Crippen LogP contribution >= 0.6 is 0 Å². The van der Waals surface area contributed by atoms with E-state index in [0.29, 0.717) is 24.8 Å². The number of Topliss-reactive ketones (excluding diaryl/α,β-unsaturated/α-hetero) is 1. The van der Waals surface area contributed by atoms with Gasteiger partial charge in [-0.2, -0.15) is 0 Å². The lowest BCUT2D eigenvalue weighted by molar-refractivity contribution is -0.136. The number of carbonyl (C=O) groups is 2. The first-order chi connectivity index (χ1) is 5.24. The van der Waals surface area contributed by atoms with Crippen LogP contribution in [0.15, 0.2) is 11.6 Å². The fraction of sp³-hybridized carbons (Fsp3) is 0.500. The quantitative estimate of drug-likeness (QED) is 0.525. The molecular weight excluding hydrogens is 144 g/mol. The molecule has 3 nitrogen and oxygen atoms in total. The Morgan fingerprint density at radius 2 is 2.27 bits per heavy atom. The molecule has 0 heterocycles. The summed E-state index contributed by atoms with van der Waals surface area (Å²) in [5, 5.41) is 0. The molecule has 0 fully saturated rings. The van der Waals surface area contributed by atoms with Gasteiger partial charge >= 0.3 is 5.97 Å². The van der Waals surface area contributed by atoms with E-state index in [0.717, 1.165) is 0 Å². The van der Waals surface area contributed by atoms with Crippen LogP contribution in [0.25, 0.3) is 0 Å². The lowest BCUT2D eigenvalue weighted by Crippen LogP contribution is -2.11. The van der Waals surface area contributed by atoms with Crippen molar-refractivity contribution >= 4 is 11.8 Å². The third kappa shape index (κ3) is 1.90. The number of ketones is 1. The Hall–Kier alpha value is -1.12. The van der Waals surface area contributed by atoms with Gasteiger partial charge in [-0.05, 0) is 6.42 Å². The molecule has 0 saturated heterocycles. The normalized spacial score (nSPS) is 17.5. The second-order valence-corrected chi connectivity index (χ2v) is 2.46. The maximum absolute atomic E-state index is 10.9. The Morgan fingerprint density at radius 3 is 2.73 bits per heavy atom. The van der Waals surface area contributed by atoms with Crippen LogP contribution in [0.4, 0.5) is 0 Å². The third-order valence-corrected chi connectivity index (χ3v) is 1.70. The van der Waals surface area contributed by atoms with E-state index in [1.165, 1.54) is 7.11 Å². The zero-order chi connectivity index (χ0) is 8.27. The molecule has 0 radical (unpaired) electrons. The summed E-state index contributed by atoms with van der Waals surface area (Å²) in [5.74, 6) is -0.116. The molecule has 11 heavy (non-hydrogen) atoms. The van der Waals surface area contributed by atoms with Gasteiger partial charge in [0.25, 0.3) is 0 Å². The van der Waals surface area contributed by atoms with E-state index in [4.69, 9.17) is 0 Å². The van der Waals surface area contributed by atoms with Crippen molar-refractivity contribution in [1.29, 1.82) is 0 Å². The van der Waals surface area contributed by atoms with E-state index >= 15 is 0 Å². The number of hydrogen-bond donors (Lipinski definition) is 0. The largest absolute Gasteiger partial charge is 0.466 e. The number of esters is 1. The Labute approximate surface area is 65.0 Å². The minimum absolute atomic E-state index is 0.192. The topological polar surface area (TPSA) is 43.4 Å². The molecule has 1 aliphatic carbocycles. The molecule has 0 unspecified atom stereocenters. The molecule has 0 atom stereocenters. The van der Waals surface area contributed by atoms with E-state index in [2.05, 4.69) is 4.74 Å². The van der Waals surface area contributed by atoms with E-state index in [9.17, 15) is 9.59 Å². The number of ether oxygens (including phenoxy) is 1. The second-order valence-electron chi connectivity index (χ2n) is 2.46. The smallest absolute Gasteiger partial charge is 0.333 e. The summed E-state index contributed by atoms with van der Waals surface area (Å²) >= 11 is 0. The van der Waals surface area contributed by atoms with Crippen LogP contribution < -0.4 is 0 Å². The maximum atomic E-state index is 10.9. The number of allylic oxidation sites excluding steroid dienone is 1. The fourth-order valence-corrected chi connectivity index (χ4v) is 1.03. The Bertz CT molecular complexity index is 215. The van der Waals surface area contributed by atoms with Crippen LogP contribution in [0.2, 0.25) is 0 Å². The Morgan fingerprint density at radius 1 is 1.55 bits per heavy atom. The average Bonchev–Trinajstić information content (AvgIpc) is 2.05. The SMILES string of the molecule is COC(=O)C1=CCC(=O)CC1. The number of rotatable bonds is 1. The van der Waals surface area contributed by atoms with Crippen molar-refractivity contribution < 1.29 is 14.3 Å². The van der Waals surface area contributed by atoms with Gasteiger partial charge in [-0.25, -0.2) is 4.79 Å². The van der Waals surface area contributed by atoms with Crippen LogP contribution in [-0.4, -0.2) is 18.9 Å². The zero-order valence-corrected chi connectivity index (χ0v) is 6.42. The van der Waals surface area contributed by atoms with Crippen molar-refractivity contribution in [3.8, 4) is 0 Å². The highest BCUT2D eigenvalue weighted by molar-refractivity contribution is 5.93. The van der Waals surface area contributed by atoms with Crippen LogP contribution in [0.1, 0.15) is 19.3 Å². The van der Waals surface area contributed by atoms with Crippen molar-refractivity contribution in [2.75, 3.05) is 7.11 Å². The van der Waals surface area contributed by atoms with Crippen molar-refractivity contribution in [3.05, 3.63) is 11.6 Å². The first kappa shape index (κ1) is 7.98. The minimum atomic E-state index is -0.308. The number of methoxy groups -OCH3 is 1. The monoisotopic (exact) mass is 154 g/mol. The van der Waals surface area contributed by atoms with Crippen molar-refractivity contribution in [2.45, 2.75) is 19.3 Å². The van der Waals surface area contributed by atoms with Gasteiger partial charge in [-0.3, -0.25) is 4.79 Å². The summed E-state index contributed by atoms with van der Waals surface area (Å²) in [5.41, 5.74) is 0.632. The fourth-order valence-electron chi connectivity index (χ4n) is 1.03. The molecule has 0 aromatic carbocycles. The summed E-state index contributed by atoms with van der Waals surface area (Å²) in [6.07, 6.45) is 3.04. The van der Waals surface area contributed by atoms with Gasteiger partial charge in [0, 0.05) is 18.4 Å². The molecule has 1 aliphatic rings. The van der Waals surface area contributed by atoms with E-state index < -0.39 is 0 Å². The van der Waals surface area contributed by atoms with Crippen LogP contribution in [0, 0.1) is 0 Å². The summed E-state index contributed by atoms with van der Waals surface area (Å²) in [4.78, 5) is 21.6. The van der Waals surface area contributed by atoms with Gasteiger partial charge in [0.1, 0.15) is 5.78 Å². The molecule has 0 spiro atoms. The molecule has 1 rings (SSSR count). The van der Waals surface area contributed by atoms with E-state index in [-0.39, 0.29) is 11.8 Å². The van der Waals surface area contributed by atoms with Crippen molar-refractivity contribution in [2.24, 2.45) is 0 Å². The highest BCUT2D eigenvalue weighted by Crippen LogP contribution is 2.15. The van der Waals surface area contributed by atoms with Crippen LogP contribution in [0.5, 0.6) is 0 Å². The van der Waals surface area contributed by atoms with Gasteiger partial charge in [0.15, 0.2) is 0 Å². The van der Waals surface area contributed by atoms with Crippen LogP contribution in [0.3, 0.4) is 0 Å². The number of hydrogen-bond acceptors (Lipinski definition) is 3. The lowest BCUT2D eigenvalue weighted by atomic mass is 9.99. The van der Waals surface area contributed by atoms with E-state index in [1.807, 2.05) is 0 Å². The molecule has 0 N–H and O–H groups in total. The molecular formula is C8H10O3. The predicted octanol–water partition coefficient (Wildman–Crippen LogP) is 0.839. The Balaban J connectivity index is 2.61. The highest BCUT2D eigenvalue weighted by Gasteiger charge is 2.15. The number of carbonyl (C=O) groups excluding carboxylic acids is 2. The summed E-state index contributed by atoms with van der Waals surface area (Å²) in [6, 6.07) is 0. The molecule has 60 valence electrons. The molecule has 0 amide bonds. The molecule has 3 heteroatoms. The van der Waals surface area contributed by atoms with E-state index in [1.54, 1.807) is 6.08 Å². The molecule has 0 aromatic heterocycles.